The highest BCUT2D eigenvalue weighted by Gasteiger charge is 2.45. The molecule has 0 heterocycles. The molecule has 0 saturated heterocycles. The minimum atomic E-state index is -0.493. The zero-order valence-corrected chi connectivity index (χ0v) is 28.0. The van der Waals surface area contributed by atoms with Crippen LogP contribution in [0.2, 0.25) is 0 Å². The van der Waals surface area contributed by atoms with Crippen molar-refractivity contribution in [2.24, 2.45) is 0 Å². The minimum absolute atomic E-state index is 0.493. The predicted molar refractivity (Wildman–Crippen MR) is 214 cm³/mol. The van der Waals surface area contributed by atoms with Crippen molar-refractivity contribution < 1.29 is 0 Å². The van der Waals surface area contributed by atoms with Gasteiger partial charge in [-0.05, 0) is 99.4 Å². The maximum Gasteiger partial charge on any atom is 0.0713 e. The summed E-state index contributed by atoms with van der Waals surface area (Å²) >= 11 is 0. The first-order valence-corrected chi connectivity index (χ1v) is 17.9. The Kier molecular flexibility index (Phi) is 5.97. The van der Waals surface area contributed by atoms with Gasteiger partial charge in [0.1, 0.15) is 0 Å². The zero-order valence-electron chi connectivity index (χ0n) is 28.0. The Morgan fingerprint density at radius 2 is 0.686 bits per heavy atom. The Labute approximate surface area is 297 Å². The van der Waals surface area contributed by atoms with Crippen LogP contribution >= 0.6 is 0 Å². The van der Waals surface area contributed by atoms with E-state index in [9.17, 15) is 0 Å². The molecule has 0 saturated carbocycles. The van der Waals surface area contributed by atoms with E-state index in [1.54, 1.807) is 0 Å². The van der Waals surface area contributed by atoms with Gasteiger partial charge < -0.3 is 0 Å². The lowest BCUT2D eigenvalue weighted by Crippen LogP contribution is -2.33. The standard InChI is InChI=1S/C51H32/c1-5-17-33(18-6-1)45-38-26-13-14-27-39(38)46(34-19-7-2-8-20-34)50-42-31-32-44-48-40(29-30-41(47(42)48)49(45)50)37-25-15-16-28-43(37)51(44,35-21-9-3-10-22-35)36-23-11-4-12-24-36/h1-32H. The summed E-state index contributed by atoms with van der Waals surface area (Å²) in [6, 6.07) is 72.2. The Hall–Kier alpha value is -6.50. The fraction of sp³-hybridized carbons (Fsp3) is 0.0196. The molecule has 51 heavy (non-hydrogen) atoms. The normalized spacial score (nSPS) is 13.3. The summed E-state index contributed by atoms with van der Waals surface area (Å²) in [7, 11) is 0. The first kappa shape index (κ1) is 28.3. The SMILES string of the molecule is c1ccc(-c2c3c(c(-c4ccccc4)c4ccccc24)-c2ccc4c5c(ccc-3c25)-c2ccccc2C4(c2ccccc2)c2ccccc2)cc1. The second-order valence-electron chi connectivity index (χ2n) is 13.9. The average Bonchev–Trinajstić information content (AvgIpc) is 3.54. The second kappa shape index (κ2) is 10.7. The molecule has 0 N–H and O–H groups in total. The van der Waals surface area contributed by atoms with Crippen molar-refractivity contribution in [3.63, 3.8) is 0 Å². The van der Waals surface area contributed by atoms with Crippen LogP contribution in [0.3, 0.4) is 0 Å². The summed E-state index contributed by atoms with van der Waals surface area (Å²) in [4.78, 5) is 0. The maximum absolute atomic E-state index is 2.46. The largest absolute Gasteiger partial charge is 0.0713 e. The molecule has 0 unspecified atom stereocenters. The first-order valence-electron chi connectivity index (χ1n) is 17.9. The molecule has 236 valence electrons. The van der Waals surface area contributed by atoms with Crippen LogP contribution in [0.1, 0.15) is 22.3 Å². The molecule has 2 aliphatic carbocycles. The third-order valence-corrected chi connectivity index (χ3v) is 11.5. The van der Waals surface area contributed by atoms with Crippen molar-refractivity contribution in [1.29, 1.82) is 0 Å². The summed E-state index contributed by atoms with van der Waals surface area (Å²) in [5.74, 6) is 0. The Morgan fingerprint density at radius 3 is 1.24 bits per heavy atom. The molecule has 0 amide bonds. The van der Waals surface area contributed by atoms with Crippen LogP contribution in [0.5, 0.6) is 0 Å². The van der Waals surface area contributed by atoms with Crippen LogP contribution in [0.25, 0.3) is 77.2 Å². The summed E-state index contributed by atoms with van der Waals surface area (Å²) < 4.78 is 0. The van der Waals surface area contributed by atoms with Crippen LogP contribution in [0.15, 0.2) is 194 Å². The smallest absolute Gasteiger partial charge is 0.0622 e. The van der Waals surface area contributed by atoms with Gasteiger partial charge in [0.05, 0.1) is 5.41 Å². The van der Waals surface area contributed by atoms with Crippen molar-refractivity contribution in [2.45, 2.75) is 5.41 Å². The van der Waals surface area contributed by atoms with E-state index in [1.807, 2.05) is 0 Å². The van der Waals surface area contributed by atoms with Gasteiger partial charge in [-0.15, -0.1) is 0 Å². The molecule has 11 rings (SSSR count). The lowest BCUT2D eigenvalue weighted by Gasteiger charge is -2.42. The van der Waals surface area contributed by atoms with Crippen molar-refractivity contribution in [3.05, 3.63) is 216 Å². The van der Waals surface area contributed by atoms with E-state index < -0.39 is 5.41 Å². The molecular weight excluding hydrogens is 613 g/mol. The van der Waals surface area contributed by atoms with Gasteiger partial charge in [0, 0.05) is 0 Å². The third-order valence-electron chi connectivity index (χ3n) is 11.5. The monoisotopic (exact) mass is 644 g/mol. The molecule has 2 aliphatic rings. The Balaban J connectivity index is 1.36. The number of rotatable bonds is 4. The van der Waals surface area contributed by atoms with Gasteiger partial charge in [0.2, 0.25) is 0 Å². The molecule has 0 nitrogen and oxygen atoms in total. The van der Waals surface area contributed by atoms with E-state index in [0.717, 1.165) is 0 Å². The molecule has 0 fully saturated rings. The van der Waals surface area contributed by atoms with E-state index in [1.165, 1.54) is 99.4 Å². The zero-order chi connectivity index (χ0) is 33.5. The first-order chi connectivity index (χ1) is 25.4. The van der Waals surface area contributed by atoms with Gasteiger partial charge in [-0.25, -0.2) is 0 Å². The van der Waals surface area contributed by atoms with E-state index in [4.69, 9.17) is 0 Å². The van der Waals surface area contributed by atoms with Crippen molar-refractivity contribution in [1.82, 2.24) is 0 Å². The highest BCUT2D eigenvalue weighted by Crippen LogP contribution is 2.63. The number of benzene rings is 9. The molecule has 0 bridgehead atoms. The lowest BCUT2D eigenvalue weighted by molar-refractivity contribution is 0.750. The van der Waals surface area contributed by atoms with Gasteiger partial charge in [0.25, 0.3) is 0 Å². The van der Waals surface area contributed by atoms with E-state index >= 15 is 0 Å². The molecule has 0 radical (unpaired) electrons. The maximum atomic E-state index is 2.46. The summed E-state index contributed by atoms with van der Waals surface area (Å²) in [6.07, 6.45) is 0. The molecule has 9 aromatic carbocycles. The lowest BCUT2D eigenvalue weighted by atomic mass is 9.59. The number of hydrogen-bond acceptors (Lipinski definition) is 0. The van der Waals surface area contributed by atoms with Crippen LogP contribution in [0, 0.1) is 0 Å². The average molecular weight is 645 g/mol. The van der Waals surface area contributed by atoms with Gasteiger partial charge in [-0.3, -0.25) is 0 Å². The molecule has 0 spiro atoms. The summed E-state index contributed by atoms with van der Waals surface area (Å²) in [5, 5.41) is 5.28. The summed E-state index contributed by atoms with van der Waals surface area (Å²) in [6.45, 7) is 0. The predicted octanol–water partition coefficient (Wildman–Crippen LogP) is 13.3. The highest BCUT2D eigenvalue weighted by molar-refractivity contribution is 6.29. The van der Waals surface area contributed by atoms with Gasteiger partial charge in [-0.2, -0.15) is 0 Å². The van der Waals surface area contributed by atoms with Gasteiger partial charge in [0.15, 0.2) is 0 Å². The molecule has 0 heteroatoms. The second-order valence-corrected chi connectivity index (χ2v) is 13.9. The van der Waals surface area contributed by atoms with Crippen LogP contribution in [-0.4, -0.2) is 0 Å². The topological polar surface area (TPSA) is 0 Å². The van der Waals surface area contributed by atoms with Crippen LogP contribution in [-0.2, 0) is 5.41 Å². The van der Waals surface area contributed by atoms with Crippen LogP contribution < -0.4 is 0 Å². The van der Waals surface area contributed by atoms with Gasteiger partial charge >= 0.3 is 0 Å². The molecular formula is C51H32. The van der Waals surface area contributed by atoms with E-state index in [-0.39, 0.29) is 0 Å². The molecule has 0 atom stereocenters. The number of hydrogen-bond donors (Lipinski definition) is 0. The highest BCUT2D eigenvalue weighted by atomic mass is 14.5. The summed E-state index contributed by atoms with van der Waals surface area (Å²) in [5.41, 5.74) is 17.8. The third kappa shape index (κ3) is 3.74. The fourth-order valence-corrected chi connectivity index (χ4v) is 9.59. The Morgan fingerprint density at radius 1 is 0.255 bits per heavy atom. The molecule has 0 aromatic heterocycles. The van der Waals surface area contributed by atoms with Crippen molar-refractivity contribution >= 4 is 21.5 Å². The minimum Gasteiger partial charge on any atom is -0.0622 e. The quantitative estimate of drug-likeness (QED) is 0.179. The van der Waals surface area contributed by atoms with Crippen molar-refractivity contribution in [3.8, 4) is 55.6 Å². The molecule has 0 aliphatic heterocycles. The molecule has 9 aromatic rings. The number of fused-ring (bicyclic) bond motifs is 6. The van der Waals surface area contributed by atoms with E-state index in [0.29, 0.717) is 0 Å². The Bertz CT molecular complexity index is 2680. The van der Waals surface area contributed by atoms with Crippen molar-refractivity contribution in [2.75, 3.05) is 0 Å². The van der Waals surface area contributed by atoms with Crippen LogP contribution in [0.4, 0.5) is 0 Å². The fourth-order valence-electron chi connectivity index (χ4n) is 9.59. The van der Waals surface area contributed by atoms with E-state index in [2.05, 4.69) is 194 Å². The van der Waals surface area contributed by atoms with Gasteiger partial charge in [-0.1, -0.05) is 194 Å².